The summed E-state index contributed by atoms with van der Waals surface area (Å²) in [5, 5.41) is 5.96. The molecule has 7 heteroatoms. The lowest BCUT2D eigenvalue weighted by Gasteiger charge is -2.13. The first-order valence-corrected chi connectivity index (χ1v) is 8.34. The molecule has 3 rings (SSSR count). The fourth-order valence-corrected chi connectivity index (χ4v) is 2.99. The standard InChI is InChI=1S/C14H13ClN4S2/c1-9-5-14(20)19-13(6-12(17-19)21-2)18(9)8-10-3-4-11(15)16-7-10/h3-7H,8H2,1-2H3. The van der Waals surface area contributed by atoms with Gasteiger partial charge in [0.1, 0.15) is 20.5 Å². The highest BCUT2D eigenvalue weighted by atomic mass is 35.5. The molecule has 0 fully saturated rings. The Kier molecular flexibility index (Phi) is 4.01. The molecule has 3 heterocycles. The van der Waals surface area contributed by atoms with Crippen LogP contribution in [0.25, 0.3) is 5.65 Å². The van der Waals surface area contributed by atoms with Crippen LogP contribution in [0.4, 0.5) is 0 Å². The van der Waals surface area contributed by atoms with E-state index in [1.165, 1.54) is 0 Å². The summed E-state index contributed by atoms with van der Waals surface area (Å²) < 4.78 is 4.69. The van der Waals surface area contributed by atoms with E-state index in [0.717, 1.165) is 21.9 Å². The highest BCUT2D eigenvalue weighted by Crippen LogP contribution is 2.19. The summed E-state index contributed by atoms with van der Waals surface area (Å²) in [6.07, 6.45) is 3.80. The molecule has 0 aliphatic carbocycles. The highest BCUT2D eigenvalue weighted by Gasteiger charge is 2.09. The number of rotatable bonds is 3. The van der Waals surface area contributed by atoms with E-state index in [4.69, 9.17) is 23.8 Å². The number of hydrogen-bond donors (Lipinski definition) is 0. The first-order chi connectivity index (χ1) is 10.1. The van der Waals surface area contributed by atoms with E-state index in [2.05, 4.69) is 20.7 Å². The summed E-state index contributed by atoms with van der Waals surface area (Å²) >= 11 is 12.8. The number of fused-ring (bicyclic) bond motifs is 1. The predicted molar refractivity (Wildman–Crippen MR) is 88.9 cm³/mol. The lowest BCUT2D eigenvalue weighted by molar-refractivity contribution is 0.739. The molecule has 21 heavy (non-hydrogen) atoms. The van der Waals surface area contributed by atoms with Crippen molar-refractivity contribution >= 4 is 41.2 Å². The molecule has 0 spiro atoms. The molecule has 0 aliphatic rings. The van der Waals surface area contributed by atoms with Gasteiger partial charge in [0.2, 0.25) is 0 Å². The van der Waals surface area contributed by atoms with Crippen molar-refractivity contribution in [3.63, 3.8) is 0 Å². The Morgan fingerprint density at radius 2 is 2.14 bits per heavy atom. The van der Waals surface area contributed by atoms with E-state index in [-0.39, 0.29) is 0 Å². The molecule has 108 valence electrons. The van der Waals surface area contributed by atoms with Gasteiger partial charge in [0, 0.05) is 18.0 Å². The molecule has 0 atom stereocenters. The molecule has 0 radical (unpaired) electrons. The molecule has 0 unspecified atom stereocenters. The van der Waals surface area contributed by atoms with E-state index in [9.17, 15) is 0 Å². The number of halogens is 1. The van der Waals surface area contributed by atoms with Crippen molar-refractivity contribution in [1.82, 2.24) is 19.2 Å². The third-order valence-electron chi connectivity index (χ3n) is 3.25. The van der Waals surface area contributed by atoms with Crippen LogP contribution in [-0.2, 0) is 6.54 Å². The lowest BCUT2D eigenvalue weighted by Crippen LogP contribution is -2.09. The van der Waals surface area contributed by atoms with E-state index >= 15 is 0 Å². The number of hydrogen-bond acceptors (Lipinski definition) is 4. The summed E-state index contributed by atoms with van der Waals surface area (Å²) in [5.41, 5.74) is 3.16. The Bertz CT molecular complexity index is 852. The van der Waals surface area contributed by atoms with Crippen LogP contribution in [0, 0.1) is 11.6 Å². The van der Waals surface area contributed by atoms with Crippen molar-refractivity contribution in [3.05, 3.63) is 51.5 Å². The van der Waals surface area contributed by atoms with Gasteiger partial charge in [-0.1, -0.05) is 29.9 Å². The molecular formula is C14H13ClN4S2. The largest absolute Gasteiger partial charge is 0.326 e. The molecule has 0 aromatic carbocycles. The van der Waals surface area contributed by atoms with Crippen LogP contribution >= 0.6 is 35.6 Å². The van der Waals surface area contributed by atoms with Crippen molar-refractivity contribution in [2.24, 2.45) is 0 Å². The van der Waals surface area contributed by atoms with Gasteiger partial charge >= 0.3 is 0 Å². The van der Waals surface area contributed by atoms with Gasteiger partial charge in [0.25, 0.3) is 0 Å². The van der Waals surface area contributed by atoms with E-state index in [1.807, 2.05) is 25.3 Å². The fourth-order valence-electron chi connectivity index (χ4n) is 2.19. The van der Waals surface area contributed by atoms with Crippen molar-refractivity contribution < 1.29 is 0 Å². The summed E-state index contributed by atoms with van der Waals surface area (Å²) in [6, 6.07) is 7.79. The van der Waals surface area contributed by atoms with Gasteiger partial charge in [-0.3, -0.25) is 0 Å². The maximum atomic E-state index is 5.84. The van der Waals surface area contributed by atoms with Gasteiger partial charge in [0.15, 0.2) is 0 Å². The number of aryl methyl sites for hydroxylation is 1. The average molecular weight is 337 g/mol. The van der Waals surface area contributed by atoms with E-state index in [0.29, 0.717) is 16.3 Å². The van der Waals surface area contributed by atoms with Crippen LogP contribution in [0.3, 0.4) is 0 Å². The first-order valence-electron chi connectivity index (χ1n) is 6.33. The number of thioether (sulfide) groups is 1. The minimum absolute atomic E-state index is 0.501. The van der Waals surface area contributed by atoms with Gasteiger partial charge in [-0.05, 0) is 30.9 Å². The molecule has 0 N–H and O–H groups in total. The Hall–Kier alpha value is -1.37. The molecule has 0 amide bonds. The minimum atomic E-state index is 0.501. The first kappa shape index (κ1) is 14.6. The van der Waals surface area contributed by atoms with Gasteiger partial charge < -0.3 is 4.57 Å². The Morgan fingerprint density at radius 1 is 1.33 bits per heavy atom. The zero-order valence-electron chi connectivity index (χ0n) is 11.6. The summed E-state index contributed by atoms with van der Waals surface area (Å²) in [7, 11) is 0. The van der Waals surface area contributed by atoms with Crippen LogP contribution in [0.2, 0.25) is 5.15 Å². The third kappa shape index (κ3) is 2.84. The van der Waals surface area contributed by atoms with Crippen molar-refractivity contribution in [2.75, 3.05) is 6.26 Å². The van der Waals surface area contributed by atoms with Gasteiger partial charge in [0.05, 0.1) is 6.54 Å². The second kappa shape index (κ2) is 5.79. The molecule has 3 aromatic heterocycles. The number of nitrogens with zero attached hydrogens (tertiary/aromatic N) is 4. The fraction of sp³-hybridized carbons (Fsp3) is 0.214. The zero-order valence-corrected chi connectivity index (χ0v) is 14.0. The molecule has 3 aromatic rings. The van der Waals surface area contributed by atoms with Crippen LogP contribution < -0.4 is 0 Å². The third-order valence-corrected chi connectivity index (χ3v) is 4.38. The lowest BCUT2D eigenvalue weighted by atomic mass is 10.2. The quantitative estimate of drug-likeness (QED) is 0.411. The smallest absolute Gasteiger partial charge is 0.139 e. The minimum Gasteiger partial charge on any atom is -0.326 e. The van der Waals surface area contributed by atoms with Gasteiger partial charge in [-0.15, -0.1) is 11.8 Å². The van der Waals surface area contributed by atoms with Crippen molar-refractivity contribution in [2.45, 2.75) is 18.5 Å². The van der Waals surface area contributed by atoms with Crippen LogP contribution in [-0.4, -0.2) is 25.4 Å². The molecular weight excluding hydrogens is 324 g/mol. The highest BCUT2D eigenvalue weighted by molar-refractivity contribution is 7.98. The van der Waals surface area contributed by atoms with E-state index < -0.39 is 0 Å². The summed E-state index contributed by atoms with van der Waals surface area (Å²) in [6.45, 7) is 2.75. The summed E-state index contributed by atoms with van der Waals surface area (Å²) in [5.74, 6) is 0. The number of aromatic nitrogens is 4. The molecule has 0 saturated heterocycles. The van der Waals surface area contributed by atoms with Crippen LogP contribution in [0.1, 0.15) is 11.3 Å². The summed E-state index contributed by atoms with van der Waals surface area (Å²) in [4.78, 5) is 4.13. The maximum Gasteiger partial charge on any atom is 0.139 e. The maximum absolute atomic E-state index is 5.84. The van der Waals surface area contributed by atoms with Crippen molar-refractivity contribution in [3.8, 4) is 0 Å². The van der Waals surface area contributed by atoms with Crippen molar-refractivity contribution in [1.29, 1.82) is 0 Å². The molecule has 0 aliphatic heterocycles. The molecule has 0 bridgehead atoms. The van der Waals surface area contributed by atoms with Gasteiger partial charge in [-0.25, -0.2) is 9.50 Å². The zero-order chi connectivity index (χ0) is 15.0. The number of pyridine rings is 1. The second-order valence-corrected chi connectivity index (χ2v) is 6.29. The predicted octanol–water partition coefficient (Wildman–Crippen LogP) is 3.99. The Labute approximate surface area is 136 Å². The van der Waals surface area contributed by atoms with Crippen LogP contribution in [0.15, 0.2) is 35.5 Å². The van der Waals surface area contributed by atoms with Crippen LogP contribution in [0.5, 0.6) is 0 Å². The van der Waals surface area contributed by atoms with E-state index in [1.54, 1.807) is 28.5 Å². The SMILES string of the molecule is CSc1cc2n(Cc3ccc(Cl)nc3)c(C)cc(=S)n2n1. The molecule has 4 nitrogen and oxygen atoms in total. The average Bonchev–Trinajstić information content (AvgIpc) is 2.90. The normalized spacial score (nSPS) is 11.2. The molecule has 0 saturated carbocycles. The Morgan fingerprint density at radius 3 is 2.81 bits per heavy atom. The monoisotopic (exact) mass is 336 g/mol. The Balaban J connectivity index is 2.14. The second-order valence-electron chi connectivity index (χ2n) is 4.66. The topological polar surface area (TPSA) is 35.1 Å². The van der Waals surface area contributed by atoms with Gasteiger partial charge in [-0.2, -0.15) is 5.10 Å².